The van der Waals surface area contributed by atoms with Crippen molar-refractivity contribution in [1.29, 1.82) is 0 Å². The Morgan fingerprint density at radius 1 is 1.26 bits per heavy atom. The van der Waals surface area contributed by atoms with Crippen LogP contribution in [0.15, 0.2) is 51.7 Å². The van der Waals surface area contributed by atoms with Gasteiger partial charge in [-0.25, -0.2) is 4.79 Å². The predicted octanol–water partition coefficient (Wildman–Crippen LogP) is 2.17. The van der Waals surface area contributed by atoms with Gasteiger partial charge in [0.1, 0.15) is 11.3 Å². The van der Waals surface area contributed by atoms with Crippen LogP contribution in [0.2, 0.25) is 5.02 Å². The Bertz CT molecular complexity index is 1180. The maximum Gasteiger partial charge on any atom is 0.340 e. The van der Waals surface area contributed by atoms with Crippen LogP contribution in [0.25, 0.3) is 11.0 Å². The first kappa shape index (κ1) is 22.7. The topological polar surface area (TPSA) is 120 Å². The van der Waals surface area contributed by atoms with E-state index >= 15 is 0 Å². The van der Waals surface area contributed by atoms with Gasteiger partial charge in [0, 0.05) is 23.0 Å². The number of aliphatic carboxylic acids is 1. The van der Waals surface area contributed by atoms with Crippen molar-refractivity contribution in [2.75, 3.05) is 5.75 Å². The standard InChI is InChI=1S/C22H20ClNO6S/c1-12-14-7-16(23)18(25)9-19(14)30-22(29)15(12)8-20(26)24-17(21(27)28)11-31-10-13-5-3-2-4-6-13/h2-7,9,17,25H,8,10-11H2,1H3,(H,24,26)(H,27,28)/p-1/t17-/m0/s1. The molecule has 0 bridgehead atoms. The molecular formula is C22H19ClNO6S-. The number of carboxylic acid groups (broad SMARTS) is 1. The highest BCUT2D eigenvalue weighted by Gasteiger charge is 2.19. The smallest absolute Gasteiger partial charge is 0.340 e. The molecule has 0 radical (unpaired) electrons. The van der Waals surface area contributed by atoms with Crippen molar-refractivity contribution in [2.45, 2.75) is 25.1 Å². The zero-order valence-electron chi connectivity index (χ0n) is 16.5. The summed E-state index contributed by atoms with van der Waals surface area (Å²) in [7, 11) is 0. The van der Waals surface area contributed by atoms with Crippen LogP contribution >= 0.6 is 23.4 Å². The third-order valence-corrected chi connectivity index (χ3v) is 6.12. The van der Waals surface area contributed by atoms with Gasteiger partial charge in [0.25, 0.3) is 0 Å². The lowest BCUT2D eigenvalue weighted by molar-refractivity contribution is -0.307. The monoisotopic (exact) mass is 460 g/mol. The molecule has 9 heteroatoms. The number of hydrogen-bond acceptors (Lipinski definition) is 7. The number of fused-ring (bicyclic) bond motifs is 1. The number of aryl methyl sites for hydroxylation is 1. The second-order valence-corrected chi connectivity index (χ2v) is 8.35. The minimum absolute atomic E-state index is 0.0762. The molecular weight excluding hydrogens is 442 g/mol. The average Bonchev–Trinajstić information content (AvgIpc) is 2.73. The number of phenolic OH excluding ortho intramolecular Hbond substituents is 1. The van der Waals surface area contributed by atoms with Gasteiger partial charge in [0.15, 0.2) is 0 Å². The van der Waals surface area contributed by atoms with Gasteiger partial charge < -0.3 is 24.7 Å². The van der Waals surface area contributed by atoms with Gasteiger partial charge in [-0.1, -0.05) is 41.9 Å². The fourth-order valence-electron chi connectivity index (χ4n) is 3.05. The van der Waals surface area contributed by atoms with Crippen LogP contribution in [0.3, 0.4) is 0 Å². The second-order valence-electron chi connectivity index (χ2n) is 6.91. The Hall–Kier alpha value is -2.97. The van der Waals surface area contributed by atoms with Crippen LogP contribution < -0.4 is 16.0 Å². The summed E-state index contributed by atoms with van der Waals surface area (Å²) in [5.74, 6) is -1.58. The van der Waals surface area contributed by atoms with Crippen LogP contribution in [0.5, 0.6) is 5.75 Å². The number of hydrogen-bond donors (Lipinski definition) is 2. The minimum atomic E-state index is -1.40. The zero-order chi connectivity index (χ0) is 22.5. The zero-order valence-corrected chi connectivity index (χ0v) is 18.1. The number of nitrogens with one attached hydrogen (secondary N) is 1. The summed E-state index contributed by atoms with van der Waals surface area (Å²) in [6.45, 7) is 1.63. The Balaban J connectivity index is 1.70. The maximum atomic E-state index is 12.5. The second kappa shape index (κ2) is 9.89. The number of thioether (sulfide) groups is 1. The predicted molar refractivity (Wildman–Crippen MR) is 117 cm³/mol. The lowest BCUT2D eigenvalue weighted by Gasteiger charge is -2.19. The van der Waals surface area contributed by atoms with Crippen molar-refractivity contribution < 1.29 is 24.2 Å². The van der Waals surface area contributed by atoms with Crippen LogP contribution in [-0.2, 0) is 21.8 Å². The SMILES string of the molecule is Cc1c(CC(=O)N[C@@H](CSCc2ccccc2)C(=O)[O-])c(=O)oc2cc(O)c(Cl)cc12. The molecule has 3 aromatic rings. The Kier molecular flexibility index (Phi) is 7.25. The quantitative estimate of drug-likeness (QED) is 0.494. The molecule has 0 aliphatic rings. The van der Waals surface area contributed by atoms with Gasteiger partial charge in [-0.3, -0.25) is 4.79 Å². The molecule has 1 atom stereocenters. The van der Waals surface area contributed by atoms with Gasteiger partial charge in [-0.05, 0) is 24.1 Å². The number of carbonyl (C=O) groups is 2. The van der Waals surface area contributed by atoms with Crippen molar-refractivity contribution in [3.8, 4) is 5.75 Å². The van der Waals surface area contributed by atoms with Crippen molar-refractivity contribution in [1.82, 2.24) is 5.32 Å². The van der Waals surface area contributed by atoms with E-state index in [1.807, 2.05) is 30.3 Å². The van der Waals surface area contributed by atoms with E-state index in [4.69, 9.17) is 16.0 Å². The van der Waals surface area contributed by atoms with Crippen LogP contribution in [0.1, 0.15) is 16.7 Å². The van der Waals surface area contributed by atoms with E-state index in [1.54, 1.807) is 6.92 Å². The van der Waals surface area contributed by atoms with Gasteiger partial charge in [0.05, 0.1) is 29.0 Å². The Labute approximate surface area is 187 Å². The molecule has 31 heavy (non-hydrogen) atoms. The van der Waals surface area contributed by atoms with Gasteiger partial charge >= 0.3 is 5.63 Å². The first-order chi connectivity index (χ1) is 14.8. The van der Waals surface area contributed by atoms with Crippen molar-refractivity contribution in [3.63, 3.8) is 0 Å². The molecule has 0 aliphatic carbocycles. The van der Waals surface area contributed by atoms with Gasteiger partial charge in [-0.2, -0.15) is 11.8 Å². The number of carboxylic acids is 1. The third-order valence-electron chi connectivity index (χ3n) is 4.71. The molecule has 2 aromatic carbocycles. The van der Waals surface area contributed by atoms with E-state index in [1.165, 1.54) is 23.9 Å². The lowest BCUT2D eigenvalue weighted by Crippen LogP contribution is -2.50. The van der Waals surface area contributed by atoms with Crippen molar-refractivity contribution in [3.05, 3.63) is 74.6 Å². The van der Waals surface area contributed by atoms with Crippen LogP contribution in [0.4, 0.5) is 0 Å². The summed E-state index contributed by atoms with van der Waals surface area (Å²) >= 11 is 7.28. The average molecular weight is 461 g/mol. The third kappa shape index (κ3) is 5.59. The molecule has 0 fully saturated rings. The Morgan fingerprint density at radius 3 is 2.65 bits per heavy atom. The summed E-state index contributed by atoms with van der Waals surface area (Å²) in [5, 5.41) is 24.1. The Morgan fingerprint density at radius 2 is 1.97 bits per heavy atom. The normalized spacial score (nSPS) is 11.9. The van der Waals surface area contributed by atoms with E-state index in [-0.39, 0.29) is 34.1 Å². The summed E-state index contributed by atoms with van der Waals surface area (Å²) in [5.41, 5.74) is 0.973. The molecule has 3 rings (SSSR count). The summed E-state index contributed by atoms with van der Waals surface area (Å²) in [6.07, 6.45) is -0.365. The first-order valence-corrected chi connectivity index (χ1v) is 10.9. The molecule has 0 unspecified atom stereocenters. The molecule has 7 nitrogen and oxygen atoms in total. The van der Waals surface area contributed by atoms with Crippen LogP contribution in [0, 0.1) is 6.92 Å². The largest absolute Gasteiger partial charge is 0.548 e. The van der Waals surface area contributed by atoms with Crippen molar-refractivity contribution >= 4 is 46.2 Å². The number of rotatable bonds is 8. The first-order valence-electron chi connectivity index (χ1n) is 9.33. The van der Waals surface area contributed by atoms with E-state index in [0.717, 1.165) is 5.56 Å². The van der Waals surface area contributed by atoms with E-state index in [9.17, 15) is 24.6 Å². The highest BCUT2D eigenvalue weighted by Crippen LogP contribution is 2.30. The van der Waals surface area contributed by atoms with E-state index in [0.29, 0.717) is 16.7 Å². The van der Waals surface area contributed by atoms with Crippen molar-refractivity contribution in [2.24, 2.45) is 0 Å². The molecule has 162 valence electrons. The highest BCUT2D eigenvalue weighted by atomic mass is 35.5. The molecule has 2 N–H and O–H groups in total. The number of phenols is 1. The number of amides is 1. The summed E-state index contributed by atoms with van der Waals surface area (Å²) < 4.78 is 5.19. The van der Waals surface area contributed by atoms with E-state index < -0.39 is 23.5 Å². The molecule has 0 saturated heterocycles. The lowest BCUT2D eigenvalue weighted by atomic mass is 10.0. The summed E-state index contributed by atoms with van der Waals surface area (Å²) in [4.78, 5) is 36.3. The maximum absolute atomic E-state index is 12.5. The number of benzene rings is 2. The summed E-state index contributed by atoms with van der Waals surface area (Å²) in [6, 6.07) is 11.0. The molecule has 0 aliphatic heterocycles. The fraction of sp³-hybridized carbons (Fsp3) is 0.227. The van der Waals surface area contributed by atoms with Gasteiger partial charge in [0.2, 0.25) is 5.91 Å². The van der Waals surface area contributed by atoms with Gasteiger partial charge in [-0.15, -0.1) is 0 Å². The molecule has 0 saturated carbocycles. The molecule has 1 amide bonds. The molecule has 1 aromatic heterocycles. The van der Waals surface area contributed by atoms with E-state index in [2.05, 4.69) is 5.32 Å². The fourth-order valence-corrected chi connectivity index (χ4v) is 4.21. The highest BCUT2D eigenvalue weighted by molar-refractivity contribution is 7.98. The minimum Gasteiger partial charge on any atom is -0.548 e. The number of halogens is 1. The molecule has 0 spiro atoms. The number of carbonyl (C=O) groups excluding carboxylic acids is 2. The van der Waals surface area contributed by atoms with Crippen LogP contribution in [-0.4, -0.2) is 28.8 Å². The molecule has 1 heterocycles. The number of aromatic hydroxyl groups is 1.